The van der Waals surface area contributed by atoms with Gasteiger partial charge in [0.2, 0.25) is 0 Å². The fraction of sp³-hybridized carbons (Fsp3) is 0.240. The summed E-state index contributed by atoms with van der Waals surface area (Å²) >= 11 is 0. The van der Waals surface area contributed by atoms with Gasteiger partial charge in [-0.05, 0) is 59.8 Å². The van der Waals surface area contributed by atoms with Gasteiger partial charge in [0.05, 0.1) is 17.1 Å². The first-order valence-electron chi connectivity index (χ1n) is 10.6. The topological polar surface area (TPSA) is 40.7 Å². The predicted molar refractivity (Wildman–Crippen MR) is 115 cm³/mol. The number of halogens is 4. The standard InChI is InChI=1S/C25H19F4N3/c26-24(27)18-5-2-1-4-16(18)17-9-7-14(12-19(17)25(24,28)29)15-8-10-20-22(13-15)32-23(31-20)21-6-3-11-30-21/h1-2,4-5,7-10,12-13,21,30H,3,6,11H2,(H,31,32)/t21-/m0/s1. The highest BCUT2D eigenvalue weighted by Crippen LogP contribution is 2.58. The van der Waals surface area contributed by atoms with Crippen LogP contribution in [0.4, 0.5) is 17.6 Å². The second-order valence-corrected chi connectivity index (χ2v) is 8.46. The van der Waals surface area contributed by atoms with E-state index in [2.05, 4.69) is 15.3 Å². The maximum Gasteiger partial charge on any atom is 0.340 e. The molecule has 162 valence electrons. The second kappa shape index (κ2) is 6.65. The number of benzene rings is 3. The molecular weight excluding hydrogens is 418 g/mol. The molecule has 1 fully saturated rings. The number of rotatable bonds is 2. The van der Waals surface area contributed by atoms with E-state index in [1.165, 1.54) is 24.3 Å². The molecule has 6 rings (SSSR count). The van der Waals surface area contributed by atoms with Gasteiger partial charge in [-0.1, -0.05) is 42.5 Å². The Morgan fingerprint density at radius 3 is 2.34 bits per heavy atom. The number of nitrogens with zero attached hydrogens (tertiary/aromatic N) is 1. The molecule has 3 nitrogen and oxygen atoms in total. The first-order chi connectivity index (χ1) is 15.4. The highest BCUT2D eigenvalue weighted by molar-refractivity contribution is 5.84. The van der Waals surface area contributed by atoms with Gasteiger partial charge in [0.25, 0.3) is 0 Å². The number of alkyl halides is 4. The Morgan fingerprint density at radius 2 is 1.53 bits per heavy atom. The third kappa shape index (κ3) is 2.67. The van der Waals surface area contributed by atoms with Crippen LogP contribution in [0.1, 0.15) is 35.8 Å². The molecule has 32 heavy (non-hydrogen) atoms. The molecule has 2 heterocycles. The van der Waals surface area contributed by atoms with Gasteiger partial charge in [-0.2, -0.15) is 17.6 Å². The molecule has 0 bridgehead atoms. The molecule has 1 saturated heterocycles. The lowest BCUT2D eigenvalue weighted by Gasteiger charge is -2.35. The molecule has 3 aromatic carbocycles. The molecule has 2 aliphatic rings. The number of aromatic nitrogens is 2. The van der Waals surface area contributed by atoms with Crippen molar-refractivity contribution in [2.75, 3.05) is 6.54 Å². The van der Waals surface area contributed by atoms with Gasteiger partial charge in [0, 0.05) is 11.1 Å². The summed E-state index contributed by atoms with van der Waals surface area (Å²) < 4.78 is 59.6. The van der Waals surface area contributed by atoms with Gasteiger partial charge in [-0.15, -0.1) is 0 Å². The van der Waals surface area contributed by atoms with Crippen molar-refractivity contribution in [1.82, 2.24) is 15.3 Å². The lowest BCUT2D eigenvalue weighted by Crippen LogP contribution is -2.39. The number of hydrogen-bond acceptors (Lipinski definition) is 2. The molecule has 4 aromatic rings. The number of fused-ring (bicyclic) bond motifs is 4. The van der Waals surface area contributed by atoms with Gasteiger partial charge in [-0.3, -0.25) is 0 Å². The highest BCUT2D eigenvalue weighted by Gasteiger charge is 2.62. The average Bonchev–Trinajstić information content (AvgIpc) is 3.47. The summed E-state index contributed by atoms with van der Waals surface area (Å²) in [5.74, 6) is -7.75. The van der Waals surface area contributed by atoms with E-state index >= 15 is 8.78 Å². The van der Waals surface area contributed by atoms with Crippen LogP contribution in [0.5, 0.6) is 0 Å². The molecule has 1 atom stereocenters. The normalized spacial score (nSPS) is 20.8. The first-order valence-corrected chi connectivity index (χ1v) is 10.6. The SMILES string of the molecule is FC1(F)c2ccccc2-c2ccc(-c3ccc4nc([C@@H]5CCCN5)[nH]c4c3)cc2C1(F)F. The van der Waals surface area contributed by atoms with E-state index < -0.39 is 23.0 Å². The predicted octanol–water partition coefficient (Wildman–Crippen LogP) is 6.52. The van der Waals surface area contributed by atoms with Crippen LogP contribution in [0.3, 0.4) is 0 Å². The van der Waals surface area contributed by atoms with Crippen LogP contribution < -0.4 is 5.32 Å². The number of imidazole rings is 1. The third-order valence-electron chi connectivity index (χ3n) is 6.53. The van der Waals surface area contributed by atoms with E-state index in [9.17, 15) is 8.78 Å². The number of hydrogen-bond donors (Lipinski definition) is 2. The summed E-state index contributed by atoms with van der Waals surface area (Å²) in [6, 6.07) is 15.5. The molecule has 0 saturated carbocycles. The van der Waals surface area contributed by atoms with Crippen LogP contribution >= 0.6 is 0 Å². The summed E-state index contributed by atoms with van der Waals surface area (Å²) in [5.41, 5.74) is 1.66. The monoisotopic (exact) mass is 437 g/mol. The van der Waals surface area contributed by atoms with Crippen molar-refractivity contribution < 1.29 is 17.6 Å². The number of nitrogens with one attached hydrogen (secondary N) is 2. The summed E-state index contributed by atoms with van der Waals surface area (Å²) in [4.78, 5) is 7.94. The fourth-order valence-electron chi connectivity index (χ4n) is 4.84. The minimum atomic E-state index is -4.31. The number of H-pyrrole nitrogens is 1. The van der Waals surface area contributed by atoms with Gasteiger partial charge in [0.1, 0.15) is 5.82 Å². The summed E-state index contributed by atoms with van der Waals surface area (Å²) in [6.07, 6.45) is 2.09. The van der Waals surface area contributed by atoms with Crippen molar-refractivity contribution in [1.29, 1.82) is 0 Å². The van der Waals surface area contributed by atoms with Gasteiger partial charge in [0.15, 0.2) is 0 Å². The molecular formula is C25H19F4N3. The fourth-order valence-corrected chi connectivity index (χ4v) is 4.84. The van der Waals surface area contributed by atoms with E-state index in [4.69, 9.17) is 0 Å². The van der Waals surface area contributed by atoms with Gasteiger partial charge < -0.3 is 10.3 Å². The van der Waals surface area contributed by atoms with Crippen LogP contribution in [-0.4, -0.2) is 16.5 Å². The largest absolute Gasteiger partial charge is 0.341 e. The first kappa shape index (κ1) is 19.5. The Labute approximate surface area is 181 Å². The molecule has 2 N–H and O–H groups in total. The summed E-state index contributed by atoms with van der Waals surface area (Å²) in [6.45, 7) is 0.948. The van der Waals surface area contributed by atoms with Crippen LogP contribution in [0.15, 0.2) is 60.7 Å². The van der Waals surface area contributed by atoms with Gasteiger partial charge >= 0.3 is 11.8 Å². The zero-order valence-electron chi connectivity index (χ0n) is 16.9. The minimum absolute atomic E-state index is 0.137. The van der Waals surface area contributed by atoms with Crippen molar-refractivity contribution in [3.05, 3.63) is 77.6 Å². The zero-order valence-corrected chi connectivity index (χ0v) is 16.9. The van der Waals surface area contributed by atoms with E-state index in [0.29, 0.717) is 11.1 Å². The molecule has 0 radical (unpaired) electrons. The van der Waals surface area contributed by atoms with Crippen LogP contribution in [0.2, 0.25) is 0 Å². The maximum atomic E-state index is 15.0. The molecule has 0 amide bonds. The molecule has 1 aliphatic carbocycles. The smallest absolute Gasteiger partial charge is 0.340 e. The molecule has 7 heteroatoms. The summed E-state index contributed by atoms with van der Waals surface area (Å²) in [5, 5.41) is 3.39. The Hall–Kier alpha value is -3.19. The van der Waals surface area contributed by atoms with Gasteiger partial charge in [-0.25, -0.2) is 4.98 Å². The Morgan fingerprint density at radius 1 is 0.812 bits per heavy atom. The van der Waals surface area contributed by atoms with E-state index in [-0.39, 0.29) is 17.2 Å². The number of aromatic amines is 1. The Kier molecular flexibility index (Phi) is 4.05. The molecule has 1 aromatic heterocycles. The van der Waals surface area contributed by atoms with Crippen LogP contribution in [-0.2, 0) is 11.8 Å². The lowest BCUT2D eigenvalue weighted by atomic mass is 9.79. The van der Waals surface area contributed by atoms with E-state index in [0.717, 1.165) is 42.3 Å². The Bertz CT molecular complexity index is 1350. The van der Waals surface area contributed by atoms with Crippen molar-refractivity contribution >= 4 is 11.0 Å². The minimum Gasteiger partial charge on any atom is -0.341 e. The van der Waals surface area contributed by atoms with E-state index in [1.807, 2.05) is 12.1 Å². The quantitative estimate of drug-likeness (QED) is 0.351. The lowest BCUT2D eigenvalue weighted by molar-refractivity contribution is -0.225. The molecule has 0 spiro atoms. The zero-order chi connectivity index (χ0) is 22.1. The van der Waals surface area contributed by atoms with Crippen LogP contribution in [0, 0.1) is 0 Å². The average molecular weight is 437 g/mol. The van der Waals surface area contributed by atoms with Crippen molar-refractivity contribution in [2.45, 2.75) is 30.7 Å². The van der Waals surface area contributed by atoms with Crippen molar-refractivity contribution in [3.63, 3.8) is 0 Å². The van der Waals surface area contributed by atoms with Crippen LogP contribution in [0.25, 0.3) is 33.3 Å². The highest BCUT2D eigenvalue weighted by atomic mass is 19.3. The van der Waals surface area contributed by atoms with Crippen molar-refractivity contribution in [3.8, 4) is 22.3 Å². The third-order valence-corrected chi connectivity index (χ3v) is 6.53. The Balaban J connectivity index is 1.47. The molecule has 1 aliphatic heterocycles. The second-order valence-electron chi connectivity index (χ2n) is 8.46. The van der Waals surface area contributed by atoms with E-state index in [1.54, 1.807) is 18.2 Å². The van der Waals surface area contributed by atoms with Crippen molar-refractivity contribution in [2.24, 2.45) is 0 Å². The summed E-state index contributed by atoms with van der Waals surface area (Å²) in [7, 11) is 0. The molecule has 0 unspecified atom stereocenters. The maximum absolute atomic E-state index is 15.0.